The van der Waals surface area contributed by atoms with Crippen LogP contribution in [0.5, 0.6) is 0 Å². The number of unbranched alkanes of at least 4 members (excludes halogenated alkanes) is 9. The summed E-state index contributed by atoms with van der Waals surface area (Å²) >= 11 is 7.08. The van der Waals surface area contributed by atoms with Crippen LogP contribution in [0.25, 0.3) is 30.9 Å². The van der Waals surface area contributed by atoms with Crippen LogP contribution in [0, 0.1) is 0 Å². The maximum Gasteiger partial charge on any atom is 0.261 e. The highest BCUT2D eigenvalue weighted by Crippen LogP contribution is 2.50. The van der Waals surface area contributed by atoms with Gasteiger partial charge in [0.25, 0.3) is 11.8 Å². The summed E-state index contributed by atoms with van der Waals surface area (Å²) in [5.41, 5.74) is 2.86. The molecular formula is C40H48N2O2S4. The average Bonchev–Trinajstić information content (AvgIpc) is 3.94. The Kier molecular flexibility index (Phi) is 12.2. The van der Waals surface area contributed by atoms with E-state index < -0.39 is 0 Å². The first-order chi connectivity index (χ1) is 23.5. The molecule has 0 N–H and O–H groups in total. The number of nitrogens with zero attached hydrogens (tertiary/aromatic N) is 2. The molecule has 0 unspecified atom stereocenters. The number of thiophene rings is 4. The van der Waals surface area contributed by atoms with Crippen molar-refractivity contribution < 1.29 is 9.59 Å². The number of hydrogen-bond acceptors (Lipinski definition) is 6. The average molecular weight is 717 g/mol. The van der Waals surface area contributed by atoms with Crippen LogP contribution in [0.3, 0.4) is 0 Å². The summed E-state index contributed by atoms with van der Waals surface area (Å²) in [4.78, 5) is 41.2. The third-order valence-electron chi connectivity index (χ3n) is 9.28. The molecule has 0 fully saturated rings. The monoisotopic (exact) mass is 716 g/mol. The number of aryl methyl sites for hydroxylation is 1. The van der Waals surface area contributed by atoms with Crippen LogP contribution in [0.4, 0.5) is 0 Å². The van der Waals surface area contributed by atoms with Crippen molar-refractivity contribution in [3.63, 3.8) is 0 Å². The molecule has 0 aliphatic carbocycles. The number of amides is 2. The molecule has 8 heteroatoms. The van der Waals surface area contributed by atoms with Crippen molar-refractivity contribution in [2.75, 3.05) is 13.1 Å². The molecule has 4 aromatic heterocycles. The van der Waals surface area contributed by atoms with Gasteiger partial charge in [-0.25, -0.2) is 0 Å². The minimum Gasteiger partial charge on any atom is -0.306 e. The summed E-state index contributed by atoms with van der Waals surface area (Å²) in [5, 5.41) is 2.04. The first kappa shape index (κ1) is 35.1. The fourth-order valence-electron chi connectivity index (χ4n) is 6.71. The molecule has 0 radical (unpaired) electrons. The van der Waals surface area contributed by atoms with E-state index in [0.717, 1.165) is 72.5 Å². The molecule has 0 atom stereocenters. The highest BCUT2D eigenvalue weighted by atomic mass is 32.1. The zero-order valence-corrected chi connectivity index (χ0v) is 31.9. The largest absolute Gasteiger partial charge is 0.306 e. The molecule has 0 spiro atoms. The summed E-state index contributed by atoms with van der Waals surface area (Å²) in [7, 11) is 0. The molecule has 0 saturated heterocycles. The van der Waals surface area contributed by atoms with Crippen molar-refractivity contribution in [3.05, 3.63) is 79.7 Å². The van der Waals surface area contributed by atoms with Gasteiger partial charge in [-0.2, -0.15) is 0 Å². The number of hydrogen-bond donors (Lipinski definition) is 0. The van der Waals surface area contributed by atoms with Gasteiger partial charge in [0.05, 0.1) is 32.3 Å². The van der Waals surface area contributed by atoms with Crippen LogP contribution in [-0.2, 0) is 16.0 Å². The van der Waals surface area contributed by atoms with E-state index in [1.807, 2.05) is 43.9 Å². The lowest BCUT2D eigenvalue weighted by Gasteiger charge is -2.24. The molecule has 4 aromatic rings. The van der Waals surface area contributed by atoms with E-state index in [-0.39, 0.29) is 11.8 Å². The molecule has 2 aliphatic heterocycles. The van der Waals surface area contributed by atoms with E-state index in [4.69, 9.17) is 0 Å². The Labute approximate surface area is 302 Å². The summed E-state index contributed by atoms with van der Waals surface area (Å²) in [6.07, 6.45) is 15.0. The van der Waals surface area contributed by atoms with Crippen molar-refractivity contribution in [1.82, 2.24) is 9.80 Å². The lowest BCUT2D eigenvalue weighted by molar-refractivity contribution is -0.124. The van der Waals surface area contributed by atoms with Crippen molar-refractivity contribution >= 4 is 68.6 Å². The Hall–Kier alpha value is -2.78. The van der Waals surface area contributed by atoms with Crippen LogP contribution in [0.2, 0.25) is 0 Å². The Morgan fingerprint density at radius 1 is 0.500 bits per heavy atom. The van der Waals surface area contributed by atoms with Crippen LogP contribution in [-0.4, -0.2) is 34.7 Å². The SMILES string of the molecule is CCCCCCc1ccc(-c2ccc(-c3ccc(C4=C5C(=O)N(CCCCCC)C(c6cccs6)=C5C(=O)N4CCCCCC)s3)s2)s1. The van der Waals surface area contributed by atoms with E-state index in [0.29, 0.717) is 24.2 Å². The van der Waals surface area contributed by atoms with Crippen molar-refractivity contribution in [2.24, 2.45) is 0 Å². The molecule has 0 bridgehead atoms. The predicted octanol–water partition coefficient (Wildman–Crippen LogP) is 12.4. The Morgan fingerprint density at radius 2 is 0.979 bits per heavy atom. The highest BCUT2D eigenvalue weighted by molar-refractivity contribution is 7.26. The van der Waals surface area contributed by atoms with E-state index >= 15 is 0 Å². The van der Waals surface area contributed by atoms with Gasteiger partial charge >= 0.3 is 0 Å². The van der Waals surface area contributed by atoms with Crippen molar-refractivity contribution in [3.8, 4) is 19.5 Å². The van der Waals surface area contributed by atoms with Crippen LogP contribution < -0.4 is 0 Å². The second kappa shape index (κ2) is 16.8. The van der Waals surface area contributed by atoms with Gasteiger partial charge in [0, 0.05) is 37.5 Å². The summed E-state index contributed by atoms with van der Waals surface area (Å²) in [6, 6.07) is 17.5. The van der Waals surface area contributed by atoms with Gasteiger partial charge < -0.3 is 9.80 Å². The van der Waals surface area contributed by atoms with E-state index in [9.17, 15) is 9.59 Å². The molecule has 2 amide bonds. The predicted molar refractivity (Wildman–Crippen MR) is 209 cm³/mol. The molecular weight excluding hydrogens is 669 g/mol. The molecule has 254 valence electrons. The van der Waals surface area contributed by atoms with Crippen molar-refractivity contribution in [1.29, 1.82) is 0 Å². The quantitative estimate of drug-likeness (QED) is 0.0907. The second-order valence-corrected chi connectivity index (χ2v) is 17.1. The van der Waals surface area contributed by atoms with Gasteiger partial charge in [-0.05, 0) is 73.5 Å². The zero-order valence-electron chi connectivity index (χ0n) is 28.6. The van der Waals surface area contributed by atoms with E-state index in [2.05, 4.69) is 63.2 Å². The van der Waals surface area contributed by atoms with Gasteiger partial charge in [0.1, 0.15) is 0 Å². The van der Waals surface area contributed by atoms with Crippen molar-refractivity contribution in [2.45, 2.75) is 104 Å². The van der Waals surface area contributed by atoms with Gasteiger partial charge in [-0.3, -0.25) is 9.59 Å². The molecule has 6 heterocycles. The lowest BCUT2D eigenvalue weighted by atomic mass is 10.1. The molecule has 4 nitrogen and oxygen atoms in total. The van der Waals surface area contributed by atoms with Crippen LogP contribution in [0.15, 0.2) is 65.1 Å². The molecule has 0 saturated carbocycles. The number of rotatable bonds is 19. The number of fused-ring (bicyclic) bond motifs is 1. The maximum atomic E-state index is 14.4. The lowest BCUT2D eigenvalue weighted by Crippen LogP contribution is -2.30. The smallest absolute Gasteiger partial charge is 0.261 e. The maximum absolute atomic E-state index is 14.4. The summed E-state index contributed by atoms with van der Waals surface area (Å²) in [6.45, 7) is 7.96. The Balaban J connectivity index is 1.32. The van der Waals surface area contributed by atoms with Gasteiger partial charge in [-0.15, -0.1) is 45.3 Å². The normalized spacial score (nSPS) is 14.8. The topological polar surface area (TPSA) is 40.6 Å². The van der Waals surface area contributed by atoms with Gasteiger partial charge in [-0.1, -0.05) is 84.6 Å². The van der Waals surface area contributed by atoms with Gasteiger partial charge in [0.15, 0.2) is 0 Å². The first-order valence-electron chi connectivity index (χ1n) is 18.0. The molecule has 48 heavy (non-hydrogen) atoms. The fourth-order valence-corrected chi connectivity index (χ4v) is 10.8. The second-order valence-electron chi connectivity index (χ2n) is 12.9. The third-order valence-corrected chi connectivity index (χ3v) is 13.9. The Morgan fingerprint density at radius 3 is 1.52 bits per heavy atom. The van der Waals surface area contributed by atoms with Crippen LogP contribution >= 0.6 is 45.3 Å². The van der Waals surface area contributed by atoms with Crippen LogP contribution in [0.1, 0.15) is 112 Å². The standard InChI is InChI=1S/C40H48N2O2S4/c1-4-7-10-13-17-28-19-20-29(46-28)30-21-22-31(47-30)32-23-24-34(48-32)38-36-35(39(43)42(38)26-15-12-9-6-3)37(33-18-16-27-45-33)41(40(36)44)25-14-11-8-5-2/h16,18-24,27H,4-15,17,25-26H2,1-3H3. The minimum atomic E-state index is -0.0131. The molecule has 2 aliphatic rings. The Bertz CT molecular complexity index is 1750. The first-order valence-corrected chi connectivity index (χ1v) is 21.3. The molecule has 0 aromatic carbocycles. The fraction of sp³-hybridized carbons (Fsp3) is 0.450. The molecule has 6 rings (SSSR count). The third kappa shape index (κ3) is 7.52. The van der Waals surface area contributed by atoms with E-state index in [1.165, 1.54) is 56.5 Å². The zero-order chi connectivity index (χ0) is 33.5. The summed E-state index contributed by atoms with van der Waals surface area (Å²) < 4.78 is 0. The minimum absolute atomic E-state index is 0.0131. The highest BCUT2D eigenvalue weighted by Gasteiger charge is 2.49. The van der Waals surface area contributed by atoms with E-state index in [1.54, 1.807) is 22.7 Å². The number of carbonyl (C=O) groups is 2. The van der Waals surface area contributed by atoms with Gasteiger partial charge in [0.2, 0.25) is 0 Å². The summed E-state index contributed by atoms with van der Waals surface area (Å²) in [5.74, 6) is -0.0262. The number of carbonyl (C=O) groups excluding carboxylic acids is 2.